The molecule has 1 saturated carbocycles. The van der Waals surface area contributed by atoms with Gasteiger partial charge in [0, 0.05) is 17.8 Å². The second-order valence-corrected chi connectivity index (χ2v) is 5.99. The van der Waals surface area contributed by atoms with Crippen LogP contribution < -0.4 is 5.73 Å². The van der Waals surface area contributed by atoms with E-state index in [-0.39, 0.29) is 0 Å². The van der Waals surface area contributed by atoms with Gasteiger partial charge in [0.2, 0.25) is 0 Å². The molecule has 98 valence electrons. The number of rotatable bonds is 2. The Balaban J connectivity index is 1.85. The zero-order valence-electron chi connectivity index (χ0n) is 11.1. The molecule has 0 spiro atoms. The molecule has 3 rings (SSSR count). The molecular formula is C16H24N2. The van der Waals surface area contributed by atoms with Crippen LogP contribution in [0.3, 0.4) is 0 Å². The van der Waals surface area contributed by atoms with Crippen LogP contribution in [0.4, 0.5) is 0 Å². The molecule has 3 unspecified atom stereocenters. The van der Waals surface area contributed by atoms with E-state index in [4.69, 9.17) is 5.73 Å². The SMILES string of the molecule is NCC1CCCCCC1C1CCc2cccnc21. The van der Waals surface area contributed by atoms with Crippen molar-refractivity contribution in [2.24, 2.45) is 17.6 Å². The molecule has 1 fully saturated rings. The largest absolute Gasteiger partial charge is 0.330 e. The van der Waals surface area contributed by atoms with E-state index in [1.165, 1.54) is 56.2 Å². The highest BCUT2D eigenvalue weighted by atomic mass is 14.7. The van der Waals surface area contributed by atoms with Gasteiger partial charge in [-0.2, -0.15) is 0 Å². The molecule has 0 aromatic carbocycles. The molecule has 2 aliphatic carbocycles. The maximum Gasteiger partial charge on any atom is 0.0469 e. The van der Waals surface area contributed by atoms with Crippen LogP contribution in [0.15, 0.2) is 18.3 Å². The second kappa shape index (κ2) is 5.40. The monoisotopic (exact) mass is 244 g/mol. The number of aromatic nitrogens is 1. The molecule has 3 atom stereocenters. The Morgan fingerprint density at radius 3 is 2.94 bits per heavy atom. The van der Waals surface area contributed by atoms with Crippen molar-refractivity contribution in [2.45, 2.75) is 50.9 Å². The fraction of sp³-hybridized carbons (Fsp3) is 0.688. The lowest BCUT2D eigenvalue weighted by Gasteiger charge is -2.29. The topological polar surface area (TPSA) is 38.9 Å². The highest BCUT2D eigenvalue weighted by molar-refractivity contribution is 5.29. The first-order valence-corrected chi connectivity index (χ1v) is 7.54. The normalized spacial score (nSPS) is 31.9. The molecule has 1 aromatic rings. The molecule has 1 heterocycles. The Bertz CT molecular complexity index is 402. The van der Waals surface area contributed by atoms with E-state index in [0.717, 1.165) is 18.4 Å². The third kappa shape index (κ3) is 2.18. The summed E-state index contributed by atoms with van der Waals surface area (Å²) in [6.07, 6.45) is 11.3. The van der Waals surface area contributed by atoms with Crippen molar-refractivity contribution in [3.8, 4) is 0 Å². The smallest absolute Gasteiger partial charge is 0.0469 e. The van der Waals surface area contributed by atoms with Crippen molar-refractivity contribution < 1.29 is 0 Å². The van der Waals surface area contributed by atoms with Gasteiger partial charge < -0.3 is 5.73 Å². The van der Waals surface area contributed by atoms with Gasteiger partial charge in [0.15, 0.2) is 0 Å². The molecule has 18 heavy (non-hydrogen) atoms. The summed E-state index contributed by atoms with van der Waals surface area (Å²) < 4.78 is 0. The average Bonchev–Trinajstić information content (AvgIpc) is 2.69. The van der Waals surface area contributed by atoms with Gasteiger partial charge >= 0.3 is 0 Å². The first-order valence-electron chi connectivity index (χ1n) is 7.54. The quantitative estimate of drug-likeness (QED) is 0.811. The third-order valence-electron chi connectivity index (χ3n) is 5.04. The van der Waals surface area contributed by atoms with Crippen LogP contribution in [0.25, 0.3) is 0 Å². The maximum absolute atomic E-state index is 6.03. The van der Waals surface area contributed by atoms with Crippen molar-refractivity contribution in [1.82, 2.24) is 4.98 Å². The standard InChI is InChI=1S/C16H24N2/c17-11-13-5-2-1-3-7-14(13)15-9-8-12-6-4-10-18-16(12)15/h4,6,10,13-15H,1-3,5,7-9,11,17H2. The van der Waals surface area contributed by atoms with E-state index in [9.17, 15) is 0 Å². The van der Waals surface area contributed by atoms with Crippen molar-refractivity contribution in [2.75, 3.05) is 6.54 Å². The van der Waals surface area contributed by atoms with E-state index in [0.29, 0.717) is 5.92 Å². The lowest BCUT2D eigenvalue weighted by atomic mass is 9.77. The van der Waals surface area contributed by atoms with Crippen LogP contribution in [0.5, 0.6) is 0 Å². The highest BCUT2D eigenvalue weighted by Crippen LogP contribution is 2.44. The predicted molar refractivity (Wildman–Crippen MR) is 74.4 cm³/mol. The molecule has 2 N–H and O–H groups in total. The Kier molecular flexibility index (Phi) is 3.64. The fourth-order valence-electron chi connectivity index (χ4n) is 4.10. The predicted octanol–water partition coefficient (Wildman–Crippen LogP) is 3.27. The van der Waals surface area contributed by atoms with Crippen LogP contribution in [0.2, 0.25) is 0 Å². The van der Waals surface area contributed by atoms with E-state index in [2.05, 4.69) is 17.1 Å². The fourth-order valence-corrected chi connectivity index (χ4v) is 4.10. The lowest BCUT2D eigenvalue weighted by Crippen LogP contribution is -2.27. The summed E-state index contributed by atoms with van der Waals surface area (Å²) in [5, 5.41) is 0. The third-order valence-corrected chi connectivity index (χ3v) is 5.04. The summed E-state index contributed by atoms with van der Waals surface area (Å²) >= 11 is 0. The van der Waals surface area contributed by atoms with Crippen LogP contribution >= 0.6 is 0 Å². The summed E-state index contributed by atoms with van der Waals surface area (Å²) in [5.74, 6) is 2.20. The first-order chi connectivity index (χ1) is 8.90. The number of fused-ring (bicyclic) bond motifs is 1. The van der Waals surface area contributed by atoms with Gasteiger partial charge in [-0.15, -0.1) is 0 Å². The summed E-state index contributed by atoms with van der Waals surface area (Å²) in [4.78, 5) is 4.67. The van der Waals surface area contributed by atoms with Crippen LogP contribution in [0.1, 0.15) is 55.7 Å². The Morgan fingerprint density at radius 2 is 2.06 bits per heavy atom. The molecule has 0 radical (unpaired) electrons. The molecule has 1 aromatic heterocycles. The van der Waals surface area contributed by atoms with E-state index >= 15 is 0 Å². The highest BCUT2D eigenvalue weighted by Gasteiger charge is 2.35. The minimum atomic E-state index is 0.688. The number of pyridine rings is 1. The number of aryl methyl sites for hydroxylation is 1. The molecule has 0 amide bonds. The number of hydrogen-bond acceptors (Lipinski definition) is 2. The molecule has 0 saturated heterocycles. The van der Waals surface area contributed by atoms with Crippen molar-refractivity contribution in [3.05, 3.63) is 29.6 Å². The zero-order chi connectivity index (χ0) is 12.4. The van der Waals surface area contributed by atoms with Gasteiger partial charge in [-0.25, -0.2) is 0 Å². The van der Waals surface area contributed by atoms with E-state index in [1.807, 2.05) is 6.20 Å². The average molecular weight is 244 g/mol. The van der Waals surface area contributed by atoms with Crippen LogP contribution in [-0.4, -0.2) is 11.5 Å². The molecule has 2 nitrogen and oxygen atoms in total. The summed E-state index contributed by atoms with van der Waals surface area (Å²) in [6.45, 7) is 0.864. The van der Waals surface area contributed by atoms with E-state index < -0.39 is 0 Å². The first kappa shape index (κ1) is 12.2. The number of nitrogens with zero attached hydrogens (tertiary/aromatic N) is 1. The number of nitrogens with two attached hydrogens (primary N) is 1. The zero-order valence-corrected chi connectivity index (χ0v) is 11.1. The Hall–Kier alpha value is -0.890. The lowest BCUT2D eigenvalue weighted by molar-refractivity contribution is 0.265. The van der Waals surface area contributed by atoms with Gasteiger partial charge in [0.1, 0.15) is 0 Å². The van der Waals surface area contributed by atoms with Gasteiger partial charge in [-0.3, -0.25) is 4.98 Å². The summed E-state index contributed by atoms with van der Waals surface area (Å²) in [7, 11) is 0. The van der Waals surface area contributed by atoms with Crippen molar-refractivity contribution in [1.29, 1.82) is 0 Å². The van der Waals surface area contributed by atoms with Gasteiger partial charge in [-0.05, 0) is 55.7 Å². The van der Waals surface area contributed by atoms with Crippen molar-refractivity contribution >= 4 is 0 Å². The molecule has 2 aliphatic rings. The summed E-state index contributed by atoms with van der Waals surface area (Å²) in [5.41, 5.74) is 8.91. The number of hydrogen-bond donors (Lipinski definition) is 1. The van der Waals surface area contributed by atoms with Crippen LogP contribution in [0, 0.1) is 11.8 Å². The molecular weight excluding hydrogens is 220 g/mol. The molecule has 2 heteroatoms. The molecule has 0 bridgehead atoms. The second-order valence-electron chi connectivity index (χ2n) is 5.99. The van der Waals surface area contributed by atoms with Gasteiger partial charge in [0.05, 0.1) is 0 Å². The summed E-state index contributed by atoms with van der Waals surface area (Å²) in [6, 6.07) is 4.34. The minimum absolute atomic E-state index is 0.688. The Labute approximate surface area is 110 Å². The molecule has 0 aliphatic heterocycles. The van der Waals surface area contributed by atoms with Crippen LogP contribution in [-0.2, 0) is 6.42 Å². The van der Waals surface area contributed by atoms with Gasteiger partial charge in [0.25, 0.3) is 0 Å². The van der Waals surface area contributed by atoms with Gasteiger partial charge in [-0.1, -0.05) is 25.3 Å². The Morgan fingerprint density at radius 1 is 1.17 bits per heavy atom. The van der Waals surface area contributed by atoms with E-state index in [1.54, 1.807) is 0 Å². The maximum atomic E-state index is 6.03. The minimum Gasteiger partial charge on any atom is -0.330 e. The van der Waals surface area contributed by atoms with Crippen molar-refractivity contribution in [3.63, 3.8) is 0 Å².